The number of rotatable bonds is 6. The SMILES string of the molecule is CCC(NC(=O)C1CCN(C(C)=O)CC1)c1ccccc1OC(F)F. The lowest BCUT2D eigenvalue weighted by molar-refractivity contribution is -0.134. The molecule has 0 spiro atoms. The molecule has 1 aliphatic rings. The molecule has 2 rings (SSSR count). The molecule has 0 aromatic heterocycles. The van der Waals surface area contributed by atoms with Gasteiger partial charge >= 0.3 is 6.61 Å². The van der Waals surface area contributed by atoms with Gasteiger partial charge in [0.25, 0.3) is 0 Å². The van der Waals surface area contributed by atoms with Crippen molar-refractivity contribution in [2.75, 3.05) is 13.1 Å². The highest BCUT2D eigenvalue weighted by Gasteiger charge is 2.28. The number of carbonyl (C=O) groups excluding carboxylic acids is 2. The van der Waals surface area contributed by atoms with Crippen LogP contribution in [0.25, 0.3) is 0 Å². The van der Waals surface area contributed by atoms with Crippen molar-refractivity contribution in [1.29, 1.82) is 0 Å². The third-order valence-corrected chi connectivity index (χ3v) is 4.55. The van der Waals surface area contributed by atoms with Crippen LogP contribution >= 0.6 is 0 Å². The van der Waals surface area contributed by atoms with Crippen molar-refractivity contribution in [3.8, 4) is 5.75 Å². The van der Waals surface area contributed by atoms with E-state index in [1.54, 1.807) is 23.1 Å². The molecule has 1 heterocycles. The van der Waals surface area contributed by atoms with E-state index in [2.05, 4.69) is 10.1 Å². The monoisotopic (exact) mass is 354 g/mol. The zero-order valence-electron chi connectivity index (χ0n) is 14.5. The summed E-state index contributed by atoms with van der Waals surface area (Å²) >= 11 is 0. The average molecular weight is 354 g/mol. The van der Waals surface area contributed by atoms with Crippen molar-refractivity contribution in [3.05, 3.63) is 29.8 Å². The molecule has 1 aromatic carbocycles. The zero-order valence-corrected chi connectivity index (χ0v) is 14.5. The molecule has 1 aromatic rings. The number of ether oxygens (including phenoxy) is 1. The minimum atomic E-state index is -2.91. The van der Waals surface area contributed by atoms with Crippen LogP contribution in [0.2, 0.25) is 0 Å². The number of carbonyl (C=O) groups is 2. The van der Waals surface area contributed by atoms with Gasteiger partial charge in [-0.2, -0.15) is 8.78 Å². The highest BCUT2D eigenvalue weighted by Crippen LogP contribution is 2.29. The maximum Gasteiger partial charge on any atom is 0.387 e. The summed E-state index contributed by atoms with van der Waals surface area (Å²) in [6.45, 7) is 1.62. The lowest BCUT2D eigenvalue weighted by atomic mass is 9.94. The Labute approximate surface area is 146 Å². The van der Waals surface area contributed by atoms with E-state index in [0.29, 0.717) is 37.9 Å². The molecule has 1 N–H and O–H groups in total. The van der Waals surface area contributed by atoms with Crippen LogP contribution in [0.15, 0.2) is 24.3 Å². The molecule has 1 aliphatic heterocycles. The van der Waals surface area contributed by atoms with Crippen molar-refractivity contribution in [2.45, 2.75) is 45.8 Å². The lowest BCUT2D eigenvalue weighted by Gasteiger charge is -2.31. The minimum Gasteiger partial charge on any atom is -0.434 e. The van der Waals surface area contributed by atoms with Gasteiger partial charge in [0.15, 0.2) is 0 Å². The Morgan fingerprint density at radius 2 is 1.92 bits per heavy atom. The first kappa shape index (κ1) is 19.1. The lowest BCUT2D eigenvalue weighted by Crippen LogP contribution is -2.43. The van der Waals surface area contributed by atoms with Crippen molar-refractivity contribution in [1.82, 2.24) is 10.2 Å². The van der Waals surface area contributed by atoms with Crippen LogP contribution in [0.3, 0.4) is 0 Å². The molecule has 138 valence electrons. The molecule has 1 atom stereocenters. The fourth-order valence-corrected chi connectivity index (χ4v) is 3.12. The molecular formula is C18H24F2N2O3. The van der Waals surface area contributed by atoms with Gasteiger partial charge in [0.2, 0.25) is 11.8 Å². The maximum absolute atomic E-state index is 12.6. The number of amides is 2. The highest BCUT2D eigenvalue weighted by molar-refractivity contribution is 5.80. The number of likely N-dealkylation sites (tertiary alicyclic amines) is 1. The van der Waals surface area contributed by atoms with Crippen molar-refractivity contribution in [2.24, 2.45) is 5.92 Å². The maximum atomic E-state index is 12.6. The number of nitrogens with one attached hydrogen (secondary N) is 1. The van der Waals surface area contributed by atoms with Gasteiger partial charge in [-0.25, -0.2) is 0 Å². The fraction of sp³-hybridized carbons (Fsp3) is 0.556. The van der Waals surface area contributed by atoms with Crippen LogP contribution in [0.5, 0.6) is 5.75 Å². The highest BCUT2D eigenvalue weighted by atomic mass is 19.3. The zero-order chi connectivity index (χ0) is 18.4. The Balaban J connectivity index is 2.03. The molecule has 25 heavy (non-hydrogen) atoms. The van der Waals surface area contributed by atoms with Crippen molar-refractivity contribution in [3.63, 3.8) is 0 Å². The van der Waals surface area contributed by atoms with E-state index in [0.717, 1.165) is 0 Å². The molecule has 0 radical (unpaired) electrons. The molecule has 1 saturated heterocycles. The number of alkyl halides is 2. The summed E-state index contributed by atoms with van der Waals surface area (Å²) in [5, 5.41) is 2.94. The second kappa shape index (κ2) is 8.78. The Bertz CT molecular complexity index is 602. The normalized spacial score (nSPS) is 16.6. The minimum absolute atomic E-state index is 0.0170. The quantitative estimate of drug-likeness (QED) is 0.854. The number of para-hydroxylation sites is 1. The van der Waals surface area contributed by atoms with Gasteiger partial charge in [-0.1, -0.05) is 25.1 Å². The second-order valence-electron chi connectivity index (χ2n) is 6.17. The van der Waals surface area contributed by atoms with E-state index in [-0.39, 0.29) is 23.5 Å². The number of hydrogen-bond acceptors (Lipinski definition) is 3. The molecular weight excluding hydrogens is 330 g/mol. The predicted molar refractivity (Wildman–Crippen MR) is 89.2 cm³/mol. The number of benzene rings is 1. The molecule has 0 bridgehead atoms. The topological polar surface area (TPSA) is 58.6 Å². The summed E-state index contributed by atoms with van der Waals surface area (Å²) in [4.78, 5) is 25.6. The predicted octanol–water partition coefficient (Wildman–Crippen LogP) is 3.11. The van der Waals surface area contributed by atoms with Crippen LogP contribution in [0.1, 0.15) is 44.7 Å². The van der Waals surface area contributed by atoms with E-state index in [1.165, 1.54) is 13.0 Å². The van der Waals surface area contributed by atoms with Gasteiger partial charge < -0.3 is 15.0 Å². The Kier molecular flexibility index (Phi) is 6.73. The van der Waals surface area contributed by atoms with Crippen LogP contribution in [-0.2, 0) is 9.59 Å². The third kappa shape index (κ3) is 5.14. The van der Waals surface area contributed by atoms with Gasteiger partial charge in [0.05, 0.1) is 6.04 Å². The van der Waals surface area contributed by atoms with E-state index >= 15 is 0 Å². The Morgan fingerprint density at radius 1 is 1.28 bits per heavy atom. The molecule has 0 aliphatic carbocycles. The Hall–Kier alpha value is -2.18. The standard InChI is InChI=1S/C18H24F2N2O3/c1-3-15(14-6-4-5-7-16(14)25-18(19)20)21-17(24)13-8-10-22(11-9-13)12(2)23/h4-7,13,15,18H,3,8-11H2,1-2H3,(H,21,24). The number of halogens is 2. The molecule has 1 fully saturated rings. The summed E-state index contributed by atoms with van der Waals surface area (Å²) in [5.41, 5.74) is 0.542. The second-order valence-corrected chi connectivity index (χ2v) is 6.17. The Morgan fingerprint density at radius 3 is 2.48 bits per heavy atom. The van der Waals surface area contributed by atoms with E-state index in [4.69, 9.17) is 0 Å². The van der Waals surface area contributed by atoms with E-state index < -0.39 is 12.7 Å². The van der Waals surface area contributed by atoms with Crippen LogP contribution in [0.4, 0.5) is 8.78 Å². The van der Waals surface area contributed by atoms with Gasteiger partial charge in [-0.3, -0.25) is 9.59 Å². The molecule has 0 saturated carbocycles. The van der Waals surface area contributed by atoms with Gasteiger partial charge in [0, 0.05) is 31.5 Å². The molecule has 5 nitrogen and oxygen atoms in total. The third-order valence-electron chi connectivity index (χ3n) is 4.55. The summed E-state index contributed by atoms with van der Waals surface area (Å²) in [6, 6.07) is 6.11. The first-order valence-electron chi connectivity index (χ1n) is 8.52. The average Bonchev–Trinajstić information content (AvgIpc) is 2.59. The first-order valence-corrected chi connectivity index (χ1v) is 8.52. The smallest absolute Gasteiger partial charge is 0.387 e. The summed E-state index contributed by atoms with van der Waals surface area (Å²) in [5.74, 6) is -0.186. The summed E-state index contributed by atoms with van der Waals surface area (Å²) < 4.78 is 29.7. The largest absolute Gasteiger partial charge is 0.434 e. The number of nitrogens with zero attached hydrogens (tertiary/aromatic N) is 1. The number of hydrogen-bond donors (Lipinski definition) is 1. The molecule has 1 unspecified atom stereocenters. The van der Waals surface area contributed by atoms with Gasteiger partial charge in [-0.15, -0.1) is 0 Å². The van der Waals surface area contributed by atoms with Gasteiger partial charge in [0.1, 0.15) is 5.75 Å². The molecule has 2 amide bonds. The summed E-state index contributed by atoms with van der Waals surface area (Å²) in [6.07, 6.45) is 1.77. The van der Waals surface area contributed by atoms with Crippen LogP contribution < -0.4 is 10.1 Å². The van der Waals surface area contributed by atoms with E-state index in [9.17, 15) is 18.4 Å². The van der Waals surface area contributed by atoms with E-state index in [1.807, 2.05) is 6.92 Å². The van der Waals surface area contributed by atoms with Gasteiger partial charge in [-0.05, 0) is 25.3 Å². The first-order chi connectivity index (χ1) is 11.9. The van der Waals surface area contributed by atoms with Crippen LogP contribution in [0, 0.1) is 5.92 Å². The van der Waals surface area contributed by atoms with Crippen molar-refractivity contribution < 1.29 is 23.1 Å². The fourth-order valence-electron chi connectivity index (χ4n) is 3.12. The molecule has 7 heteroatoms. The number of piperidine rings is 1. The summed E-state index contributed by atoms with van der Waals surface area (Å²) in [7, 11) is 0. The van der Waals surface area contributed by atoms with Crippen molar-refractivity contribution >= 4 is 11.8 Å². The van der Waals surface area contributed by atoms with Crippen LogP contribution in [-0.4, -0.2) is 36.4 Å².